The summed E-state index contributed by atoms with van der Waals surface area (Å²) in [4.78, 5) is 31.5. The molecule has 0 spiro atoms. The zero-order valence-electron chi connectivity index (χ0n) is 15.1. The maximum atomic E-state index is 13.5. The third kappa shape index (κ3) is 3.79. The summed E-state index contributed by atoms with van der Waals surface area (Å²) in [6.07, 6.45) is 0. The first-order chi connectivity index (χ1) is 13.5. The molecule has 1 N–H and O–H groups in total. The fourth-order valence-corrected chi connectivity index (χ4v) is 3.75. The predicted molar refractivity (Wildman–Crippen MR) is 107 cm³/mol. The highest BCUT2D eigenvalue weighted by atomic mass is 35.5. The molecule has 0 bridgehead atoms. The first kappa shape index (κ1) is 18.7. The van der Waals surface area contributed by atoms with E-state index in [4.69, 9.17) is 11.6 Å². The number of pyridine rings is 1. The van der Waals surface area contributed by atoms with Crippen LogP contribution in [-0.4, -0.2) is 46.9 Å². The van der Waals surface area contributed by atoms with Crippen LogP contribution < -0.4 is 5.56 Å². The van der Waals surface area contributed by atoms with Crippen LogP contribution in [0.4, 0.5) is 4.39 Å². The number of nitrogens with zero attached hydrogens (tertiary/aromatic N) is 2. The second kappa shape index (κ2) is 7.73. The number of benzene rings is 2. The van der Waals surface area contributed by atoms with Crippen LogP contribution >= 0.6 is 11.6 Å². The van der Waals surface area contributed by atoms with Crippen LogP contribution in [0.15, 0.2) is 53.3 Å². The van der Waals surface area contributed by atoms with Gasteiger partial charge < -0.3 is 9.88 Å². The summed E-state index contributed by atoms with van der Waals surface area (Å²) in [5.74, 6) is -0.666. The third-order valence-electron chi connectivity index (χ3n) is 5.05. The average Bonchev–Trinajstić information content (AvgIpc) is 2.69. The molecule has 0 saturated carbocycles. The quantitative estimate of drug-likeness (QED) is 0.735. The highest BCUT2D eigenvalue weighted by Gasteiger charge is 2.24. The molecule has 2 aromatic carbocycles. The predicted octanol–water partition coefficient (Wildman–Crippen LogP) is 3.28. The summed E-state index contributed by atoms with van der Waals surface area (Å²) >= 11 is 6.23. The highest BCUT2D eigenvalue weighted by molar-refractivity contribution is 6.31. The topological polar surface area (TPSA) is 56.4 Å². The Morgan fingerprint density at radius 1 is 1.07 bits per heavy atom. The molecule has 7 heteroatoms. The Balaban J connectivity index is 1.50. The zero-order valence-corrected chi connectivity index (χ0v) is 15.9. The van der Waals surface area contributed by atoms with Crippen molar-refractivity contribution in [3.8, 4) is 0 Å². The number of amides is 1. The largest absolute Gasteiger partial charge is 0.336 e. The zero-order chi connectivity index (χ0) is 19.7. The summed E-state index contributed by atoms with van der Waals surface area (Å²) in [6, 6.07) is 13.1. The van der Waals surface area contributed by atoms with Gasteiger partial charge in [0.25, 0.3) is 5.91 Å². The van der Waals surface area contributed by atoms with Crippen LogP contribution in [0.3, 0.4) is 0 Å². The molecule has 4 rings (SSSR count). The van der Waals surface area contributed by atoms with Crippen LogP contribution in [0.1, 0.15) is 15.9 Å². The summed E-state index contributed by atoms with van der Waals surface area (Å²) in [5.41, 5.74) is 1.27. The van der Waals surface area contributed by atoms with Crippen molar-refractivity contribution in [2.75, 3.05) is 26.2 Å². The first-order valence-electron chi connectivity index (χ1n) is 9.09. The number of hydrogen-bond acceptors (Lipinski definition) is 3. The van der Waals surface area contributed by atoms with E-state index in [9.17, 15) is 14.0 Å². The van der Waals surface area contributed by atoms with Crippen molar-refractivity contribution in [3.63, 3.8) is 0 Å². The SMILES string of the molecule is O=C(c1cc(=O)[nH]c2cc(F)ccc12)N1CCN(Cc2ccccc2Cl)CC1. The standard InChI is InChI=1S/C21H19ClFN3O2/c22-18-4-2-1-3-14(18)13-25-7-9-26(10-8-25)21(28)17-12-20(27)24-19-11-15(23)5-6-16(17)19/h1-6,11-12H,7-10,13H2,(H,24,27). The van der Waals surface area contributed by atoms with Gasteiger partial charge in [0.1, 0.15) is 5.82 Å². The Bertz CT molecular complexity index is 1090. The van der Waals surface area contributed by atoms with Gasteiger partial charge in [-0.2, -0.15) is 0 Å². The van der Waals surface area contributed by atoms with Crippen molar-refractivity contribution in [2.24, 2.45) is 0 Å². The third-order valence-corrected chi connectivity index (χ3v) is 5.42. The second-order valence-electron chi connectivity index (χ2n) is 6.90. The minimum Gasteiger partial charge on any atom is -0.336 e. The van der Waals surface area contributed by atoms with Gasteiger partial charge in [-0.25, -0.2) is 4.39 Å². The molecule has 1 aromatic heterocycles. The summed E-state index contributed by atoms with van der Waals surface area (Å²) < 4.78 is 13.5. The molecule has 144 valence electrons. The maximum Gasteiger partial charge on any atom is 0.254 e. The van der Waals surface area contributed by atoms with Crippen LogP contribution in [-0.2, 0) is 6.54 Å². The molecule has 1 fully saturated rings. The number of hydrogen-bond donors (Lipinski definition) is 1. The smallest absolute Gasteiger partial charge is 0.254 e. The lowest BCUT2D eigenvalue weighted by atomic mass is 10.1. The van der Waals surface area contributed by atoms with Gasteiger partial charge in [0.15, 0.2) is 0 Å². The van der Waals surface area contributed by atoms with Gasteiger partial charge in [-0.15, -0.1) is 0 Å². The number of halogens is 2. The van der Waals surface area contributed by atoms with Crippen molar-refractivity contribution in [1.29, 1.82) is 0 Å². The molecule has 1 saturated heterocycles. The van der Waals surface area contributed by atoms with E-state index in [2.05, 4.69) is 9.88 Å². The Labute approximate surface area is 166 Å². The van der Waals surface area contributed by atoms with Crippen molar-refractivity contribution in [3.05, 3.63) is 80.9 Å². The fraction of sp³-hybridized carbons (Fsp3) is 0.238. The normalized spacial score (nSPS) is 15.1. The van der Waals surface area contributed by atoms with Gasteiger partial charge in [-0.1, -0.05) is 29.8 Å². The van der Waals surface area contributed by atoms with Crippen LogP contribution in [0.5, 0.6) is 0 Å². The van der Waals surface area contributed by atoms with E-state index < -0.39 is 11.4 Å². The van der Waals surface area contributed by atoms with Crippen molar-refractivity contribution < 1.29 is 9.18 Å². The number of aromatic amines is 1. The lowest BCUT2D eigenvalue weighted by Crippen LogP contribution is -2.48. The molecular weight excluding hydrogens is 381 g/mol. The van der Waals surface area contributed by atoms with Crippen LogP contribution in [0.2, 0.25) is 5.02 Å². The van der Waals surface area contributed by atoms with Gasteiger partial charge in [0.2, 0.25) is 5.56 Å². The van der Waals surface area contributed by atoms with Crippen molar-refractivity contribution in [2.45, 2.75) is 6.54 Å². The Morgan fingerprint density at radius 3 is 2.57 bits per heavy atom. The van der Waals surface area contributed by atoms with Crippen molar-refractivity contribution in [1.82, 2.24) is 14.8 Å². The monoisotopic (exact) mass is 399 g/mol. The minimum absolute atomic E-state index is 0.208. The molecule has 28 heavy (non-hydrogen) atoms. The van der Waals surface area contributed by atoms with Gasteiger partial charge in [0.05, 0.1) is 11.1 Å². The van der Waals surface area contributed by atoms with E-state index in [1.54, 1.807) is 4.90 Å². The molecule has 0 atom stereocenters. The molecule has 5 nitrogen and oxygen atoms in total. The molecule has 0 radical (unpaired) electrons. The van der Waals surface area contributed by atoms with E-state index >= 15 is 0 Å². The maximum absolute atomic E-state index is 13.5. The second-order valence-corrected chi connectivity index (χ2v) is 7.30. The molecule has 0 aliphatic carbocycles. The first-order valence-corrected chi connectivity index (χ1v) is 9.47. The summed E-state index contributed by atoms with van der Waals surface area (Å²) in [6.45, 7) is 3.27. The Kier molecular flexibility index (Phi) is 5.15. The summed E-state index contributed by atoms with van der Waals surface area (Å²) in [5, 5.41) is 1.28. The minimum atomic E-state index is -0.457. The Morgan fingerprint density at radius 2 is 1.82 bits per heavy atom. The van der Waals surface area contributed by atoms with E-state index in [-0.39, 0.29) is 5.91 Å². The lowest BCUT2D eigenvalue weighted by Gasteiger charge is -2.35. The number of carbonyl (C=O) groups is 1. The molecule has 2 heterocycles. The number of nitrogens with one attached hydrogen (secondary N) is 1. The molecule has 1 aliphatic heterocycles. The lowest BCUT2D eigenvalue weighted by molar-refractivity contribution is 0.0630. The number of carbonyl (C=O) groups excluding carboxylic acids is 1. The number of fused-ring (bicyclic) bond motifs is 1. The Hall–Kier alpha value is -2.70. The molecule has 1 aliphatic rings. The van der Waals surface area contributed by atoms with Gasteiger partial charge in [-0.3, -0.25) is 14.5 Å². The number of H-pyrrole nitrogens is 1. The highest BCUT2D eigenvalue weighted by Crippen LogP contribution is 2.21. The molecular formula is C21H19ClFN3O2. The van der Waals surface area contributed by atoms with Crippen LogP contribution in [0.25, 0.3) is 10.9 Å². The van der Waals surface area contributed by atoms with E-state index in [0.29, 0.717) is 42.6 Å². The number of piperazine rings is 1. The van der Waals surface area contributed by atoms with Crippen LogP contribution in [0, 0.1) is 5.82 Å². The van der Waals surface area contributed by atoms with Gasteiger partial charge >= 0.3 is 0 Å². The number of aromatic nitrogens is 1. The van der Waals surface area contributed by atoms with E-state index in [1.807, 2.05) is 24.3 Å². The van der Waals surface area contributed by atoms with Gasteiger partial charge in [0, 0.05) is 49.2 Å². The fourth-order valence-electron chi connectivity index (χ4n) is 3.56. The summed E-state index contributed by atoms with van der Waals surface area (Å²) in [7, 11) is 0. The number of rotatable bonds is 3. The van der Waals surface area contributed by atoms with E-state index in [0.717, 1.165) is 17.1 Å². The molecule has 0 unspecified atom stereocenters. The van der Waals surface area contributed by atoms with E-state index in [1.165, 1.54) is 24.3 Å². The molecule has 3 aromatic rings. The average molecular weight is 400 g/mol. The van der Waals surface area contributed by atoms with Gasteiger partial charge in [-0.05, 0) is 29.8 Å². The van der Waals surface area contributed by atoms with Crippen molar-refractivity contribution >= 4 is 28.4 Å². The molecule has 1 amide bonds.